The Bertz CT molecular complexity index is 624. The molecule has 84 valence electrons. The van der Waals surface area contributed by atoms with Crippen molar-refractivity contribution < 1.29 is 4.39 Å². The Morgan fingerprint density at radius 2 is 2.19 bits per heavy atom. The number of halogens is 1. The molecule has 16 heavy (non-hydrogen) atoms. The third kappa shape index (κ3) is 1.10. The van der Waals surface area contributed by atoms with E-state index in [-0.39, 0.29) is 16.9 Å². The summed E-state index contributed by atoms with van der Waals surface area (Å²) < 4.78 is 17.2. The molecule has 2 aromatic heterocycles. The molecule has 0 unspecified atom stereocenters. The summed E-state index contributed by atoms with van der Waals surface area (Å²) in [5.74, 6) is -0.356. The van der Waals surface area contributed by atoms with E-state index in [4.69, 9.17) is 0 Å². The molecule has 3 heterocycles. The molecule has 0 spiro atoms. The van der Waals surface area contributed by atoms with Crippen molar-refractivity contribution in [1.82, 2.24) is 9.13 Å². The Morgan fingerprint density at radius 3 is 3.00 bits per heavy atom. The summed E-state index contributed by atoms with van der Waals surface area (Å²) in [6.07, 6.45) is 4.64. The van der Waals surface area contributed by atoms with Crippen molar-refractivity contribution in [2.45, 2.75) is 25.8 Å². The first-order valence-electron chi connectivity index (χ1n) is 5.56. The van der Waals surface area contributed by atoms with Crippen LogP contribution in [0.5, 0.6) is 0 Å². The lowest BCUT2D eigenvalue weighted by Crippen LogP contribution is -2.16. The van der Waals surface area contributed by atoms with Gasteiger partial charge in [0.25, 0.3) is 5.56 Å². The van der Waals surface area contributed by atoms with Gasteiger partial charge in [-0.15, -0.1) is 0 Å². The molecular weight excluding hydrogens is 207 g/mol. The average molecular weight is 220 g/mol. The molecule has 0 aromatic carbocycles. The number of fused-ring (bicyclic) bond motifs is 3. The van der Waals surface area contributed by atoms with Crippen LogP contribution in [0.3, 0.4) is 0 Å². The SMILES string of the molecule is Cn1ccc2c3n(c(F)c2c1=O)CCCC3. The van der Waals surface area contributed by atoms with E-state index in [0.717, 1.165) is 30.3 Å². The number of rotatable bonds is 0. The van der Waals surface area contributed by atoms with Crippen molar-refractivity contribution in [3.8, 4) is 0 Å². The van der Waals surface area contributed by atoms with Crippen molar-refractivity contribution in [3.63, 3.8) is 0 Å². The minimum absolute atomic E-state index is 0.239. The highest BCUT2D eigenvalue weighted by atomic mass is 19.1. The van der Waals surface area contributed by atoms with Crippen LogP contribution < -0.4 is 5.56 Å². The fourth-order valence-electron chi connectivity index (χ4n) is 2.53. The predicted molar refractivity (Wildman–Crippen MR) is 60.1 cm³/mol. The van der Waals surface area contributed by atoms with Gasteiger partial charge >= 0.3 is 0 Å². The number of pyridine rings is 1. The van der Waals surface area contributed by atoms with Gasteiger partial charge in [0.15, 0.2) is 0 Å². The zero-order chi connectivity index (χ0) is 11.3. The highest BCUT2D eigenvalue weighted by Gasteiger charge is 2.21. The van der Waals surface area contributed by atoms with Crippen molar-refractivity contribution in [3.05, 3.63) is 34.3 Å². The number of aromatic nitrogens is 2. The average Bonchev–Trinajstić information content (AvgIpc) is 2.59. The molecule has 3 rings (SSSR count). The van der Waals surface area contributed by atoms with Crippen molar-refractivity contribution in [2.24, 2.45) is 7.05 Å². The largest absolute Gasteiger partial charge is 0.321 e. The second kappa shape index (κ2) is 3.20. The lowest BCUT2D eigenvalue weighted by molar-refractivity contribution is 0.443. The van der Waals surface area contributed by atoms with Crippen LogP contribution in [-0.4, -0.2) is 9.13 Å². The van der Waals surface area contributed by atoms with E-state index in [0.29, 0.717) is 6.54 Å². The highest BCUT2D eigenvalue weighted by Crippen LogP contribution is 2.27. The van der Waals surface area contributed by atoms with Gasteiger partial charge in [-0.25, -0.2) is 0 Å². The standard InChI is InChI=1S/C12H13FN2O/c1-14-7-5-8-9-4-2-3-6-15(9)11(13)10(8)12(14)16/h5,7H,2-4,6H2,1H3. The number of hydrogen-bond donors (Lipinski definition) is 0. The summed E-state index contributed by atoms with van der Waals surface area (Å²) in [5.41, 5.74) is 0.744. The molecule has 0 amide bonds. The van der Waals surface area contributed by atoms with Crippen LogP contribution >= 0.6 is 0 Å². The first kappa shape index (κ1) is 9.63. The molecule has 0 saturated heterocycles. The summed E-state index contributed by atoms with van der Waals surface area (Å²) in [4.78, 5) is 11.9. The van der Waals surface area contributed by atoms with Crippen LogP contribution in [0.25, 0.3) is 10.8 Å². The zero-order valence-electron chi connectivity index (χ0n) is 9.16. The lowest BCUT2D eigenvalue weighted by Gasteiger charge is -2.15. The molecule has 1 aliphatic rings. The third-order valence-electron chi connectivity index (χ3n) is 3.39. The van der Waals surface area contributed by atoms with Crippen LogP contribution in [0.4, 0.5) is 4.39 Å². The van der Waals surface area contributed by atoms with Crippen molar-refractivity contribution in [1.29, 1.82) is 0 Å². The molecule has 4 heteroatoms. The van der Waals surface area contributed by atoms with Crippen molar-refractivity contribution >= 4 is 10.8 Å². The first-order valence-corrected chi connectivity index (χ1v) is 5.56. The summed E-state index contributed by atoms with van der Waals surface area (Å²) in [7, 11) is 1.65. The topological polar surface area (TPSA) is 26.9 Å². The molecule has 0 fully saturated rings. The summed E-state index contributed by atoms with van der Waals surface area (Å²) >= 11 is 0. The quantitative estimate of drug-likeness (QED) is 0.665. The van der Waals surface area contributed by atoms with Crippen LogP contribution in [-0.2, 0) is 20.0 Å². The predicted octanol–water partition coefficient (Wildman–Crippen LogP) is 1.82. The molecule has 0 bridgehead atoms. The van der Waals surface area contributed by atoms with Gasteiger partial charge in [-0.05, 0) is 25.3 Å². The Labute approximate surface area is 92.1 Å². The first-order chi connectivity index (χ1) is 7.70. The molecule has 0 atom stereocenters. The van der Waals surface area contributed by atoms with Crippen molar-refractivity contribution in [2.75, 3.05) is 0 Å². The molecule has 1 aliphatic heterocycles. The minimum Gasteiger partial charge on any atom is -0.321 e. The maximum atomic E-state index is 14.1. The van der Waals surface area contributed by atoms with E-state index in [1.165, 1.54) is 4.57 Å². The maximum Gasteiger partial charge on any atom is 0.262 e. The van der Waals surface area contributed by atoms with E-state index < -0.39 is 0 Å². The van der Waals surface area contributed by atoms with Crippen LogP contribution in [0.1, 0.15) is 18.5 Å². The normalized spacial score (nSPS) is 15.4. The molecule has 3 nitrogen and oxygen atoms in total. The zero-order valence-corrected chi connectivity index (χ0v) is 9.16. The second-order valence-electron chi connectivity index (χ2n) is 4.37. The lowest BCUT2D eigenvalue weighted by atomic mass is 10.1. The summed E-state index contributed by atoms with van der Waals surface area (Å²) in [6.45, 7) is 0.693. The van der Waals surface area contributed by atoms with Crippen LogP contribution in [0.15, 0.2) is 17.1 Å². The van der Waals surface area contributed by atoms with Gasteiger partial charge in [-0.1, -0.05) is 0 Å². The second-order valence-corrected chi connectivity index (χ2v) is 4.37. The fourth-order valence-corrected chi connectivity index (χ4v) is 2.53. The van der Waals surface area contributed by atoms with E-state index in [9.17, 15) is 9.18 Å². The monoisotopic (exact) mass is 220 g/mol. The van der Waals surface area contributed by atoms with Gasteiger partial charge in [0.05, 0.1) is 0 Å². The number of aryl methyl sites for hydroxylation is 2. The Hall–Kier alpha value is -1.58. The smallest absolute Gasteiger partial charge is 0.262 e. The summed E-state index contributed by atoms with van der Waals surface area (Å²) in [5, 5.41) is 1.04. The molecule has 0 radical (unpaired) electrons. The maximum absolute atomic E-state index is 14.1. The van der Waals surface area contributed by atoms with Crippen LogP contribution in [0, 0.1) is 5.95 Å². The van der Waals surface area contributed by atoms with Gasteiger partial charge in [-0.2, -0.15) is 4.39 Å². The van der Waals surface area contributed by atoms with Gasteiger partial charge < -0.3 is 9.13 Å². The third-order valence-corrected chi connectivity index (χ3v) is 3.39. The van der Waals surface area contributed by atoms with E-state index in [1.807, 2.05) is 6.07 Å². The van der Waals surface area contributed by atoms with Gasteiger partial charge in [0, 0.05) is 30.9 Å². The Balaban J connectivity index is 2.49. The highest BCUT2D eigenvalue weighted by molar-refractivity contribution is 5.85. The van der Waals surface area contributed by atoms with E-state index in [1.54, 1.807) is 17.8 Å². The number of nitrogens with zero attached hydrogens (tertiary/aromatic N) is 2. The number of hydrogen-bond acceptors (Lipinski definition) is 1. The van der Waals surface area contributed by atoms with Crippen LogP contribution in [0.2, 0.25) is 0 Å². The summed E-state index contributed by atoms with van der Waals surface area (Å²) in [6, 6.07) is 1.84. The fraction of sp³-hybridized carbons (Fsp3) is 0.417. The Kier molecular flexibility index (Phi) is 1.93. The van der Waals surface area contributed by atoms with E-state index >= 15 is 0 Å². The minimum atomic E-state index is -0.356. The Morgan fingerprint density at radius 1 is 1.38 bits per heavy atom. The molecule has 0 N–H and O–H groups in total. The molecular formula is C12H13FN2O. The molecule has 0 aliphatic carbocycles. The van der Waals surface area contributed by atoms with Gasteiger partial charge in [0.2, 0.25) is 5.95 Å². The van der Waals surface area contributed by atoms with E-state index in [2.05, 4.69) is 0 Å². The molecule has 0 saturated carbocycles. The van der Waals surface area contributed by atoms with Gasteiger partial charge in [0.1, 0.15) is 5.39 Å². The molecule has 2 aromatic rings. The van der Waals surface area contributed by atoms with Gasteiger partial charge in [-0.3, -0.25) is 4.79 Å².